The third kappa shape index (κ3) is 36.8. The van der Waals surface area contributed by atoms with E-state index in [1.54, 1.807) is 0 Å². The summed E-state index contributed by atoms with van der Waals surface area (Å²) in [5.74, 6) is 0. The second-order valence-corrected chi connectivity index (χ2v) is 12.7. The Hall–Kier alpha value is -0.440. The largest absolute Gasteiger partial charge is 0.394 e. The molecule has 11 nitrogen and oxygen atoms in total. The van der Waals surface area contributed by atoms with Gasteiger partial charge in [0.05, 0.1) is 130 Å². The molecular weight excluding hydrogens is 620 g/mol. The Bertz CT molecular complexity index is 616. The lowest BCUT2D eigenvalue weighted by Crippen LogP contribution is -2.29. The average molecular weight is 697 g/mol. The molecule has 0 saturated carbocycles. The van der Waals surface area contributed by atoms with E-state index in [1.807, 2.05) is 27.7 Å². The van der Waals surface area contributed by atoms with Gasteiger partial charge in [0.2, 0.25) is 0 Å². The fraction of sp³-hybridized carbons (Fsp3) is 1.00. The molecule has 0 aromatic heterocycles. The Morgan fingerprint density at radius 2 is 0.667 bits per heavy atom. The summed E-state index contributed by atoms with van der Waals surface area (Å²) < 4.78 is 56.7. The minimum absolute atomic E-state index is 0.0160. The van der Waals surface area contributed by atoms with Crippen LogP contribution < -0.4 is 0 Å². The zero-order chi connectivity index (χ0) is 35.3. The summed E-state index contributed by atoms with van der Waals surface area (Å²) in [6, 6.07) is 0. The first-order chi connectivity index (χ1) is 23.4. The number of unbranched alkanes of at least 4 members (excludes halogenated alkanes) is 9. The van der Waals surface area contributed by atoms with Gasteiger partial charge in [0.25, 0.3) is 0 Å². The van der Waals surface area contributed by atoms with Gasteiger partial charge in [-0.25, -0.2) is 0 Å². The van der Waals surface area contributed by atoms with Crippen molar-refractivity contribution in [3.8, 4) is 0 Å². The lowest BCUT2D eigenvalue weighted by molar-refractivity contribution is -0.101. The second kappa shape index (κ2) is 37.8. The van der Waals surface area contributed by atoms with E-state index in [0.717, 1.165) is 13.0 Å². The maximum Gasteiger partial charge on any atom is 0.0781 e. The normalized spacial score (nSPS) is 15.1. The lowest BCUT2D eigenvalue weighted by Gasteiger charge is -2.22. The highest BCUT2D eigenvalue weighted by molar-refractivity contribution is 4.58. The maximum absolute atomic E-state index is 8.62. The molecule has 0 aromatic carbocycles. The Balaban J connectivity index is 3.55. The average Bonchev–Trinajstić information content (AvgIpc) is 3.08. The van der Waals surface area contributed by atoms with Crippen molar-refractivity contribution < 1.29 is 52.5 Å². The van der Waals surface area contributed by atoms with Gasteiger partial charge in [0.1, 0.15) is 0 Å². The summed E-state index contributed by atoms with van der Waals surface area (Å²) in [6.45, 7) is 20.1. The summed E-state index contributed by atoms with van der Waals surface area (Å²) in [7, 11) is 0. The first kappa shape index (κ1) is 47.6. The molecule has 0 aliphatic rings. The topological polar surface area (TPSA) is 113 Å². The molecule has 5 atom stereocenters. The van der Waals surface area contributed by atoms with E-state index < -0.39 is 0 Å². The van der Waals surface area contributed by atoms with Crippen molar-refractivity contribution in [2.24, 2.45) is 0 Å². The minimum Gasteiger partial charge on any atom is -0.394 e. The van der Waals surface area contributed by atoms with Gasteiger partial charge < -0.3 is 52.5 Å². The second-order valence-electron chi connectivity index (χ2n) is 12.7. The zero-order valence-corrected chi connectivity index (χ0v) is 31.8. The highest BCUT2D eigenvalue weighted by atomic mass is 16.6. The number of hydrogen-bond acceptors (Lipinski definition) is 11. The molecule has 0 fully saturated rings. The molecule has 0 aliphatic heterocycles. The van der Waals surface area contributed by atoms with Crippen LogP contribution >= 0.6 is 0 Å². The molecule has 1 N–H and O–H groups in total. The highest BCUT2D eigenvalue weighted by Crippen LogP contribution is 2.11. The summed E-state index contributed by atoms with van der Waals surface area (Å²) in [5.41, 5.74) is 0. The Morgan fingerprint density at radius 1 is 0.333 bits per heavy atom. The van der Waals surface area contributed by atoms with Gasteiger partial charge in [-0.2, -0.15) is 0 Å². The number of rotatable bonds is 40. The van der Waals surface area contributed by atoms with Gasteiger partial charge in [0.15, 0.2) is 0 Å². The molecule has 0 amide bonds. The SMILES string of the molecule is CCCCCCCCCCCCOCC(C)OCC(C)OCC(C)OCC(C)OCC(C)OCCOCCOCCOCCOCCO. The van der Waals surface area contributed by atoms with Crippen molar-refractivity contribution in [1.29, 1.82) is 0 Å². The molecule has 0 aromatic rings. The van der Waals surface area contributed by atoms with Gasteiger partial charge in [0, 0.05) is 6.61 Å². The fourth-order valence-corrected chi connectivity index (χ4v) is 4.52. The minimum atomic E-state index is -0.0501. The van der Waals surface area contributed by atoms with Crippen molar-refractivity contribution in [3.63, 3.8) is 0 Å². The van der Waals surface area contributed by atoms with E-state index in [1.165, 1.54) is 57.8 Å². The van der Waals surface area contributed by atoms with E-state index in [2.05, 4.69) is 13.8 Å². The van der Waals surface area contributed by atoms with Crippen molar-refractivity contribution >= 4 is 0 Å². The van der Waals surface area contributed by atoms with Gasteiger partial charge >= 0.3 is 0 Å². The van der Waals surface area contributed by atoms with Crippen LogP contribution in [-0.2, 0) is 47.4 Å². The predicted molar refractivity (Wildman–Crippen MR) is 190 cm³/mol. The summed E-state index contributed by atoms with van der Waals surface area (Å²) >= 11 is 0. The number of aliphatic hydroxyl groups is 1. The van der Waals surface area contributed by atoms with Crippen LogP contribution in [0, 0.1) is 0 Å². The monoisotopic (exact) mass is 697 g/mol. The predicted octanol–water partition coefficient (Wildman–Crippen LogP) is 6.01. The third-order valence-electron chi connectivity index (χ3n) is 7.44. The van der Waals surface area contributed by atoms with Crippen LogP contribution in [0.5, 0.6) is 0 Å². The first-order valence-electron chi connectivity index (χ1n) is 19.0. The zero-order valence-electron chi connectivity index (χ0n) is 31.8. The molecule has 290 valence electrons. The number of hydrogen-bond donors (Lipinski definition) is 1. The third-order valence-corrected chi connectivity index (χ3v) is 7.44. The summed E-state index contributed by atoms with van der Waals surface area (Å²) in [6.07, 6.45) is 13.2. The number of ether oxygens (including phenoxy) is 10. The van der Waals surface area contributed by atoms with Crippen molar-refractivity contribution in [1.82, 2.24) is 0 Å². The molecule has 0 heterocycles. The quantitative estimate of drug-likeness (QED) is 0.0761. The van der Waals surface area contributed by atoms with Crippen LogP contribution in [0.3, 0.4) is 0 Å². The van der Waals surface area contributed by atoms with Crippen LogP contribution in [0.4, 0.5) is 0 Å². The van der Waals surface area contributed by atoms with Gasteiger partial charge in [-0.05, 0) is 41.0 Å². The Morgan fingerprint density at radius 3 is 1.08 bits per heavy atom. The number of aliphatic hydroxyl groups excluding tert-OH is 1. The van der Waals surface area contributed by atoms with Crippen LogP contribution in [-0.4, -0.2) is 141 Å². The van der Waals surface area contributed by atoms with Gasteiger partial charge in [-0.3, -0.25) is 0 Å². The van der Waals surface area contributed by atoms with E-state index in [-0.39, 0.29) is 37.1 Å². The van der Waals surface area contributed by atoms with Crippen molar-refractivity contribution in [3.05, 3.63) is 0 Å². The van der Waals surface area contributed by atoms with Crippen molar-refractivity contribution in [2.75, 3.05) is 106 Å². The molecular formula is C37H76O11. The van der Waals surface area contributed by atoms with Crippen LogP contribution in [0.25, 0.3) is 0 Å². The molecule has 0 radical (unpaired) electrons. The van der Waals surface area contributed by atoms with Crippen LogP contribution in [0.2, 0.25) is 0 Å². The Labute approximate surface area is 294 Å². The lowest BCUT2D eigenvalue weighted by atomic mass is 10.1. The van der Waals surface area contributed by atoms with E-state index in [0.29, 0.717) is 92.5 Å². The standard InChI is InChI=1S/C37H76O11/c1-7-8-9-10-11-12-13-14-15-16-18-43-28-33(2)45-30-35(4)47-32-37(6)48-31-36(5)46-29-34(3)44-27-26-42-25-24-41-23-22-40-21-20-39-19-17-38/h33-38H,7-32H2,1-6H3. The van der Waals surface area contributed by atoms with Crippen molar-refractivity contribution in [2.45, 2.75) is 136 Å². The Kier molecular flexibility index (Phi) is 37.5. The van der Waals surface area contributed by atoms with Gasteiger partial charge in [-0.15, -0.1) is 0 Å². The molecule has 11 heteroatoms. The van der Waals surface area contributed by atoms with Crippen LogP contribution in [0.1, 0.15) is 106 Å². The van der Waals surface area contributed by atoms with Crippen LogP contribution in [0.15, 0.2) is 0 Å². The molecule has 0 spiro atoms. The van der Waals surface area contributed by atoms with E-state index >= 15 is 0 Å². The molecule has 0 bridgehead atoms. The summed E-state index contributed by atoms with van der Waals surface area (Å²) in [5, 5.41) is 8.62. The van der Waals surface area contributed by atoms with E-state index in [4.69, 9.17) is 52.5 Å². The first-order valence-corrected chi connectivity index (χ1v) is 19.0. The highest BCUT2D eigenvalue weighted by Gasteiger charge is 2.13. The molecule has 0 saturated heterocycles. The van der Waals surface area contributed by atoms with Gasteiger partial charge in [-0.1, -0.05) is 64.7 Å². The molecule has 0 rings (SSSR count). The molecule has 0 aliphatic carbocycles. The molecule has 5 unspecified atom stereocenters. The van der Waals surface area contributed by atoms with E-state index in [9.17, 15) is 0 Å². The maximum atomic E-state index is 8.62. The smallest absolute Gasteiger partial charge is 0.0781 e. The fourth-order valence-electron chi connectivity index (χ4n) is 4.52. The molecule has 48 heavy (non-hydrogen) atoms. The summed E-state index contributed by atoms with van der Waals surface area (Å²) in [4.78, 5) is 0.